The first kappa shape index (κ1) is 22.4. The van der Waals surface area contributed by atoms with Crippen LogP contribution < -0.4 is 0 Å². The summed E-state index contributed by atoms with van der Waals surface area (Å²) in [7, 11) is 1.67. The summed E-state index contributed by atoms with van der Waals surface area (Å²) in [5.41, 5.74) is 3.79. The van der Waals surface area contributed by atoms with E-state index in [2.05, 4.69) is 37.3 Å². The van der Waals surface area contributed by atoms with Crippen molar-refractivity contribution in [1.29, 1.82) is 0 Å². The number of hydrogen-bond acceptors (Lipinski definition) is 7. The first-order valence-electron chi connectivity index (χ1n) is 10.3. The molecule has 0 saturated heterocycles. The number of thioether (sulfide) groups is 1. The number of pyridine rings is 1. The minimum Gasteiger partial charge on any atom is -0.383 e. The van der Waals surface area contributed by atoms with Crippen molar-refractivity contribution in [3.8, 4) is 11.4 Å². The van der Waals surface area contributed by atoms with Gasteiger partial charge in [-0.25, -0.2) is 0 Å². The van der Waals surface area contributed by atoms with Gasteiger partial charge in [0.05, 0.1) is 25.4 Å². The Morgan fingerprint density at radius 2 is 1.97 bits per heavy atom. The molecule has 0 aliphatic rings. The molecule has 4 aromatic rings. The van der Waals surface area contributed by atoms with Crippen LogP contribution >= 0.6 is 23.1 Å². The van der Waals surface area contributed by atoms with E-state index in [0.717, 1.165) is 34.9 Å². The van der Waals surface area contributed by atoms with E-state index in [9.17, 15) is 4.79 Å². The van der Waals surface area contributed by atoms with E-state index < -0.39 is 0 Å². The molecule has 4 rings (SSSR count). The SMILES string of the molecule is COCCn1c(SCC(=O)c2cc(C)n(Cc3cccs3)c2C)nnc1-c1ccncc1. The zero-order chi connectivity index (χ0) is 22.5. The number of methoxy groups -OCH3 is 1. The molecule has 32 heavy (non-hydrogen) atoms. The van der Waals surface area contributed by atoms with Crippen LogP contribution in [0.3, 0.4) is 0 Å². The third-order valence-electron chi connectivity index (χ3n) is 5.27. The van der Waals surface area contributed by atoms with Crippen LogP contribution in [-0.4, -0.2) is 49.6 Å². The number of ketones is 1. The molecule has 0 spiro atoms. The lowest BCUT2D eigenvalue weighted by molar-refractivity contribution is 0.102. The summed E-state index contributed by atoms with van der Waals surface area (Å²) in [5, 5.41) is 11.5. The number of thiophene rings is 1. The van der Waals surface area contributed by atoms with Gasteiger partial charge in [0, 0.05) is 46.9 Å². The third kappa shape index (κ3) is 4.85. The number of carbonyl (C=O) groups is 1. The van der Waals surface area contributed by atoms with E-state index in [1.807, 2.05) is 36.6 Å². The van der Waals surface area contributed by atoms with Gasteiger partial charge in [-0.15, -0.1) is 21.5 Å². The largest absolute Gasteiger partial charge is 0.383 e. The number of hydrogen-bond donors (Lipinski definition) is 0. The highest BCUT2D eigenvalue weighted by atomic mass is 32.2. The van der Waals surface area contributed by atoms with Gasteiger partial charge in [0.1, 0.15) is 0 Å². The third-order valence-corrected chi connectivity index (χ3v) is 7.10. The summed E-state index contributed by atoms with van der Waals surface area (Å²) in [4.78, 5) is 18.4. The minimum absolute atomic E-state index is 0.0901. The molecule has 9 heteroatoms. The smallest absolute Gasteiger partial charge is 0.192 e. The molecule has 0 aliphatic carbocycles. The molecule has 0 aromatic carbocycles. The lowest BCUT2D eigenvalue weighted by Gasteiger charge is -2.10. The summed E-state index contributed by atoms with van der Waals surface area (Å²) < 4.78 is 9.46. The second-order valence-electron chi connectivity index (χ2n) is 7.35. The van der Waals surface area contributed by atoms with Gasteiger partial charge in [0.25, 0.3) is 0 Å². The van der Waals surface area contributed by atoms with Crippen molar-refractivity contribution in [2.45, 2.75) is 32.1 Å². The zero-order valence-electron chi connectivity index (χ0n) is 18.3. The van der Waals surface area contributed by atoms with Gasteiger partial charge in [-0.2, -0.15) is 0 Å². The number of aromatic nitrogens is 5. The molecule has 0 unspecified atom stereocenters. The van der Waals surface area contributed by atoms with Gasteiger partial charge in [-0.05, 0) is 43.5 Å². The Labute approximate surface area is 195 Å². The molecule has 0 atom stereocenters. The van der Waals surface area contributed by atoms with Crippen molar-refractivity contribution in [3.05, 3.63) is 69.9 Å². The molecule has 0 aliphatic heterocycles. The summed E-state index contributed by atoms with van der Waals surface area (Å²) in [6.07, 6.45) is 3.46. The molecule has 0 amide bonds. The van der Waals surface area contributed by atoms with Crippen molar-refractivity contribution in [1.82, 2.24) is 24.3 Å². The van der Waals surface area contributed by atoms with E-state index >= 15 is 0 Å². The highest BCUT2D eigenvalue weighted by Crippen LogP contribution is 2.26. The first-order chi connectivity index (χ1) is 15.6. The Morgan fingerprint density at radius 1 is 1.16 bits per heavy atom. The van der Waals surface area contributed by atoms with Gasteiger partial charge >= 0.3 is 0 Å². The second-order valence-corrected chi connectivity index (χ2v) is 9.32. The summed E-state index contributed by atoms with van der Waals surface area (Å²) >= 11 is 3.13. The molecule has 4 heterocycles. The average Bonchev–Trinajstić information content (AvgIpc) is 3.53. The number of aryl methyl sites for hydroxylation is 1. The van der Waals surface area contributed by atoms with Gasteiger partial charge in [-0.3, -0.25) is 14.3 Å². The molecule has 0 radical (unpaired) electrons. The van der Waals surface area contributed by atoms with Crippen LogP contribution in [0.25, 0.3) is 11.4 Å². The number of nitrogens with zero attached hydrogens (tertiary/aromatic N) is 5. The molecule has 4 aromatic heterocycles. The van der Waals surface area contributed by atoms with Crippen LogP contribution in [0.2, 0.25) is 0 Å². The van der Waals surface area contributed by atoms with Crippen molar-refractivity contribution < 1.29 is 9.53 Å². The number of Topliss-reactive ketones (excluding diaryl/α,β-unsaturated/α-hetero) is 1. The molecule has 166 valence electrons. The molecule has 0 bridgehead atoms. The summed E-state index contributed by atoms with van der Waals surface area (Å²) in [6, 6.07) is 9.96. The van der Waals surface area contributed by atoms with Crippen molar-refractivity contribution in [3.63, 3.8) is 0 Å². The predicted molar refractivity (Wildman–Crippen MR) is 128 cm³/mol. The van der Waals surface area contributed by atoms with Crippen LogP contribution in [0.5, 0.6) is 0 Å². The summed E-state index contributed by atoms with van der Waals surface area (Å²) in [5.74, 6) is 1.13. The average molecular weight is 468 g/mol. The van der Waals surface area contributed by atoms with Crippen molar-refractivity contribution in [2.24, 2.45) is 0 Å². The molecule has 0 saturated carbocycles. The highest BCUT2D eigenvalue weighted by molar-refractivity contribution is 7.99. The van der Waals surface area contributed by atoms with Crippen LogP contribution in [0.1, 0.15) is 26.6 Å². The molecule has 0 N–H and O–H groups in total. The fourth-order valence-electron chi connectivity index (χ4n) is 3.59. The minimum atomic E-state index is 0.0901. The van der Waals surface area contributed by atoms with Crippen LogP contribution in [0.15, 0.2) is 53.3 Å². The van der Waals surface area contributed by atoms with E-state index in [-0.39, 0.29) is 5.78 Å². The van der Waals surface area contributed by atoms with Crippen LogP contribution in [0.4, 0.5) is 0 Å². The standard InChI is InChI=1S/C23H25N5O2S2/c1-16-13-20(17(2)28(16)14-19-5-4-12-31-19)21(29)15-32-23-26-25-22(27(23)10-11-30-3)18-6-8-24-9-7-18/h4-9,12-13H,10-11,14-15H2,1-3H3. The topological polar surface area (TPSA) is 74.8 Å². The van der Waals surface area contributed by atoms with Gasteiger partial charge in [0.2, 0.25) is 0 Å². The Hall–Kier alpha value is -2.75. The van der Waals surface area contributed by atoms with Gasteiger partial charge in [-0.1, -0.05) is 17.8 Å². The first-order valence-corrected chi connectivity index (χ1v) is 12.1. The Balaban J connectivity index is 1.51. The van der Waals surface area contributed by atoms with Crippen molar-refractivity contribution >= 4 is 28.9 Å². The van der Waals surface area contributed by atoms with Gasteiger partial charge in [0.15, 0.2) is 16.8 Å². The van der Waals surface area contributed by atoms with Crippen LogP contribution in [-0.2, 0) is 17.8 Å². The quantitative estimate of drug-likeness (QED) is 0.253. The van der Waals surface area contributed by atoms with Crippen LogP contribution in [0, 0.1) is 13.8 Å². The predicted octanol–water partition coefficient (Wildman–Crippen LogP) is 4.49. The van der Waals surface area contributed by atoms with E-state index in [4.69, 9.17) is 4.74 Å². The highest BCUT2D eigenvalue weighted by Gasteiger charge is 2.19. The second kappa shape index (κ2) is 10.2. The monoisotopic (exact) mass is 467 g/mol. The van der Waals surface area contributed by atoms with Gasteiger partial charge < -0.3 is 9.30 Å². The number of ether oxygens (including phenoxy) is 1. The lowest BCUT2D eigenvalue weighted by Crippen LogP contribution is -2.10. The summed E-state index contributed by atoms with van der Waals surface area (Å²) in [6.45, 7) is 5.99. The fraction of sp³-hybridized carbons (Fsp3) is 0.304. The van der Waals surface area contributed by atoms with E-state index in [1.54, 1.807) is 30.8 Å². The molecule has 0 fully saturated rings. The Bertz CT molecular complexity index is 1180. The Kier molecular flexibility index (Phi) is 7.19. The van der Waals surface area contributed by atoms with E-state index in [0.29, 0.717) is 24.1 Å². The zero-order valence-corrected chi connectivity index (χ0v) is 19.9. The molecular formula is C23H25N5O2S2. The normalized spacial score (nSPS) is 11.2. The maximum absolute atomic E-state index is 13.1. The maximum Gasteiger partial charge on any atom is 0.192 e. The maximum atomic E-state index is 13.1. The molecule has 7 nitrogen and oxygen atoms in total. The fourth-order valence-corrected chi connectivity index (χ4v) is 5.13. The van der Waals surface area contributed by atoms with Crippen molar-refractivity contribution in [2.75, 3.05) is 19.5 Å². The van der Waals surface area contributed by atoms with E-state index in [1.165, 1.54) is 16.6 Å². The molecular weight excluding hydrogens is 442 g/mol. The number of carbonyl (C=O) groups excluding carboxylic acids is 1. The number of rotatable bonds is 10. The Morgan fingerprint density at radius 3 is 2.69 bits per heavy atom. The lowest BCUT2D eigenvalue weighted by atomic mass is 10.2.